The van der Waals surface area contributed by atoms with Crippen LogP contribution in [0.15, 0.2) is 25.3 Å². The molecule has 0 aromatic heterocycles. The molecule has 0 aromatic rings. The van der Waals surface area contributed by atoms with Crippen LogP contribution in [0.3, 0.4) is 0 Å². The van der Waals surface area contributed by atoms with Crippen molar-refractivity contribution in [3.05, 3.63) is 25.3 Å². The van der Waals surface area contributed by atoms with E-state index in [4.69, 9.17) is 0 Å². The van der Waals surface area contributed by atoms with Crippen LogP contribution in [0.1, 0.15) is 32.1 Å². The van der Waals surface area contributed by atoms with E-state index in [9.17, 15) is 14.7 Å². The quantitative estimate of drug-likeness (QED) is 0.730. The van der Waals surface area contributed by atoms with Crippen LogP contribution in [0.4, 0.5) is 0 Å². The predicted octanol–water partition coefficient (Wildman–Crippen LogP) is 1.90. The van der Waals surface area contributed by atoms with E-state index in [1.807, 2.05) is 4.90 Å². The third-order valence-electron chi connectivity index (χ3n) is 4.88. The van der Waals surface area contributed by atoms with Crippen molar-refractivity contribution >= 4 is 11.9 Å². The number of carbonyl (C=O) groups excluding carboxylic acids is 1. The lowest BCUT2D eigenvalue weighted by molar-refractivity contribution is -0.144. The average molecular weight is 306 g/mol. The topological polar surface area (TPSA) is 60.9 Å². The van der Waals surface area contributed by atoms with Crippen molar-refractivity contribution < 1.29 is 14.7 Å². The van der Waals surface area contributed by atoms with Crippen molar-refractivity contribution in [2.75, 3.05) is 19.6 Å². The maximum Gasteiger partial charge on any atom is 0.320 e. The zero-order valence-corrected chi connectivity index (χ0v) is 13.1. The molecule has 5 nitrogen and oxygen atoms in total. The fourth-order valence-corrected chi connectivity index (χ4v) is 3.87. The molecule has 1 aliphatic heterocycles. The van der Waals surface area contributed by atoms with E-state index in [-0.39, 0.29) is 18.5 Å². The molecular weight excluding hydrogens is 280 g/mol. The molecule has 2 fully saturated rings. The highest BCUT2D eigenvalue weighted by molar-refractivity contribution is 5.80. The SMILES string of the molecule is C=CCN(CC=C)C(=O)CN1C(C(=O)O)CC2CCCCC21. The summed E-state index contributed by atoms with van der Waals surface area (Å²) >= 11 is 0. The van der Waals surface area contributed by atoms with Crippen molar-refractivity contribution in [3.63, 3.8) is 0 Å². The molecule has 1 saturated heterocycles. The van der Waals surface area contributed by atoms with Gasteiger partial charge in [0.05, 0.1) is 6.54 Å². The minimum atomic E-state index is -0.804. The molecule has 5 heteroatoms. The van der Waals surface area contributed by atoms with Crippen LogP contribution in [0.25, 0.3) is 0 Å². The minimum Gasteiger partial charge on any atom is -0.480 e. The second kappa shape index (κ2) is 7.58. The van der Waals surface area contributed by atoms with Gasteiger partial charge in [-0.25, -0.2) is 0 Å². The summed E-state index contributed by atoms with van der Waals surface area (Å²) in [7, 11) is 0. The zero-order valence-electron chi connectivity index (χ0n) is 13.1. The van der Waals surface area contributed by atoms with Crippen molar-refractivity contribution in [2.45, 2.75) is 44.2 Å². The average Bonchev–Trinajstić information content (AvgIpc) is 2.86. The van der Waals surface area contributed by atoms with E-state index in [1.165, 1.54) is 6.42 Å². The number of likely N-dealkylation sites (tertiary alicyclic amines) is 1. The predicted molar refractivity (Wildman–Crippen MR) is 85.5 cm³/mol. The van der Waals surface area contributed by atoms with Crippen LogP contribution in [-0.4, -0.2) is 58.5 Å². The minimum absolute atomic E-state index is 0.0442. The second-order valence-corrected chi connectivity index (χ2v) is 6.25. The molecule has 1 amide bonds. The molecule has 2 aliphatic rings. The molecule has 1 heterocycles. The van der Waals surface area contributed by atoms with Gasteiger partial charge >= 0.3 is 5.97 Å². The summed E-state index contributed by atoms with van der Waals surface area (Å²) in [5, 5.41) is 9.49. The van der Waals surface area contributed by atoms with Crippen LogP contribution in [0.2, 0.25) is 0 Å². The fourth-order valence-electron chi connectivity index (χ4n) is 3.87. The summed E-state index contributed by atoms with van der Waals surface area (Å²) in [5.74, 6) is -0.423. The number of carbonyl (C=O) groups is 2. The molecule has 0 bridgehead atoms. The molecule has 1 N–H and O–H groups in total. The molecule has 0 aromatic carbocycles. The Morgan fingerprint density at radius 3 is 2.41 bits per heavy atom. The lowest BCUT2D eigenvalue weighted by Crippen LogP contribution is -2.48. The van der Waals surface area contributed by atoms with Crippen molar-refractivity contribution in [1.29, 1.82) is 0 Å². The van der Waals surface area contributed by atoms with Crippen molar-refractivity contribution in [1.82, 2.24) is 9.80 Å². The first-order valence-corrected chi connectivity index (χ1v) is 8.06. The molecule has 3 atom stereocenters. The van der Waals surface area contributed by atoms with Gasteiger partial charge in [-0.3, -0.25) is 14.5 Å². The Kier molecular flexibility index (Phi) is 5.77. The zero-order chi connectivity index (χ0) is 16.1. The molecular formula is C17H26N2O3. The largest absolute Gasteiger partial charge is 0.480 e. The number of hydrogen-bond acceptors (Lipinski definition) is 3. The van der Waals surface area contributed by atoms with Gasteiger partial charge in [0.25, 0.3) is 0 Å². The molecule has 2 rings (SSSR count). The summed E-state index contributed by atoms with van der Waals surface area (Å²) < 4.78 is 0. The summed E-state index contributed by atoms with van der Waals surface area (Å²) in [6.45, 7) is 8.45. The molecule has 1 saturated carbocycles. The molecule has 0 radical (unpaired) electrons. The molecule has 3 unspecified atom stereocenters. The van der Waals surface area contributed by atoms with Gasteiger partial charge in [0.1, 0.15) is 6.04 Å². The van der Waals surface area contributed by atoms with Crippen LogP contribution < -0.4 is 0 Å². The van der Waals surface area contributed by atoms with Crippen LogP contribution in [-0.2, 0) is 9.59 Å². The summed E-state index contributed by atoms with van der Waals surface area (Å²) in [6.07, 6.45) is 8.44. The van der Waals surface area contributed by atoms with Gasteiger partial charge in [-0.2, -0.15) is 0 Å². The Morgan fingerprint density at radius 1 is 1.18 bits per heavy atom. The van der Waals surface area contributed by atoms with E-state index in [1.54, 1.807) is 17.1 Å². The van der Waals surface area contributed by atoms with E-state index < -0.39 is 12.0 Å². The maximum atomic E-state index is 12.5. The number of amides is 1. The highest BCUT2D eigenvalue weighted by atomic mass is 16.4. The van der Waals surface area contributed by atoms with Gasteiger partial charge in [0, 0.05) is 19.1 Å². The number of rotatable bonds is 7. The smallest absolute Gasteiger partial charge is 0.320 e. The molecule has 22 heavy (non-hydrogen) atoms. The van der Waals surface area contributed by atoms with Crippen LogP contribution in [0, 0.1) is 5.92 Å². The van der Waals surface area contributed by atoms with Crippen LogP contribution in [0.5, 0.6) is 0 Å². The standard InChI is InChI=1S/C17H26N2O3/c1-3-9-18(10-4-2)16(20)12-19-14-8-6-5-7-13(14)11-15(19)17(21)22/h3-4,13-15H,1-2,5-12H2,(H,21,22). The monoisotopic (exact) mass is 306 g/mol. The first kappa shape index (κ1) is 16.7. The lowest BCUT2D eigenvalue weighted by atomic mass is 9.85. The van der Waals surface area contributed by atoms with E-state index in [0.29, 0.717) is 25.4 Å². The van der Waals surface area contributed by atoms with Gasteiger partial charge in [-0.15, -0.1) is 13.2 Å². The summed E-state index contributed by atoms with van der Waals surface area (Å²) in [5.41, 5.74) is 0. The number of carboxylic acid groups (broad SMARTS) is 1. The molecule has 122 valence electrons. The Hall–Kier alpha value is -1.62. The normalized spacial score (nSPS) is 27.9. The third-order valence-corrected chi connectivity index (χ3v) is 4.88. The Morgan fingerprint density at radius 2 is 1.82 bits per heavy atom. The molecule has 1 aliphatic carbocycles. The number of fused-ring (bicyclic) bond motifs is 1. The third kappa shape index (κ3) is 3.58. The highest BCUT2D eigenvalue weighted by Crippen LogP contribution is 2.39. The van der Waals surface area contributed by atoms with Gasteiger partial charge < -0.3 is 10.0 Å². The highest BCUT2D eigenvalue weighted by Gasteiger charge is 2.45. The first-order valence-electron chi connectivity index (χ1n) is 8.06. The second-order valence-electron chi connectivity index (χ2n) is 6.25. The lowest BCUT2D eigenvalue weighted by Gasteiger charge is -2.33. The van der Waals surface area contributed by atoms with E-state index in [0.717, 1.165) is 19.3 Å². The number of aliphatic carboxylic acids is 1. The van der Waals surface area contributed by atoms with Gasteiger partial charge in [0.2, 0.25) is 5.91 Å². The summed E-state index contributed by atoms with van der Waals surface area (Å²) in [4.78, 5) is 27.7. The van der Waals surface area contributed by atoms with Gasteiger partial charge in [0.15, 0.2) is 0 Å². The number of carboxylic acids is 1. The van der Waals surface area contributed by atoms with Crippen molar-refractivity contribution in [3.8, 4) is 0 Å². The van der Waals surface area contributed by atoms with Crippen molar-refractivity contribution in [2.24, 2.45) is 5.92 Å². The maximum absolute atomic E-state index is 12.5. The van der Waals surface area contributed by atoms with Gasteiger partial charge in [-0.1, -0.05) is 25.0 Å². The first-order chi connectivity index (χ1) is 10.6. The Bertz CT molecular complexity index is 439. The van der Waals surface area contributed by atoms with Gasteiger partial charge in [-0.05, 0) is 25.2 Å². The molecule has 0 spiro atoms. The summed E-state index contributed by atoms with van der Waals surface area (Å²) in [6, 6.07) is -0.278. The Labute approximate surface area is 132 Å². The van der Waals surface area contributed by atoms with E-state index in [2.05, 4.69) is 13.2 Å². The number of hydrogen-bond donors (Lipinski definition) is 1. The Balaban J connectivity index is 2.09. The number of nitrogens with zero attached hydrogens (tertiary/aromatic N) is 2. The van der Waals surface area contributed by atoms with Crippen LogP contribution >= 0.6 is 0 Å². The van der Waals surface area contributed by atoms with E-state index >= 15 is 0 Å². The fraction of sp³-hybridized carbons (Fsp3) is 0.647.